The van der Waals surface area contributed by atoms with Gasteiger partial charge in [-0.05, 0) is 68.7 Å². The minimum Gasteiger partial charge on any atom is -0.339 e. The summed E-state index contributed by atoms with van der Waals surface area (Å²) in [4.78, 5) is 36.7. The number of carbonyl (C=O) groups excluding carboxylic acids is 2. The number of likely N-dealkylation sites (tertiary alicyclic amines) is 1. The molecule has 0 saturated carbocycles. The van der Waals surface area contributed by atoms with Gasteiger partial charge >= 0.3 is 0 Å². The van der Waals surface area contributed by atoms with E-state index in [1.54, 1.807) is 12.5 Å². The van der Waals surface area contributed by atoms with Crippen molar-refractivity contribution in [3.05, 3.63) is 89.4 Å². The van der Waals surface area contributed by atoms with Crippen LogP contribution >= 0.6 is 0 Å². The summed E-state index contributed by atoms with van der Waals surface area (Å²) in [5.41, 5.74) is 6.17. The second kappa shape index (κ2) is 8.62. The molecule has 0 bridgehead atoms. The molecule has 6 nitrogen and oxygen atoms in total. The number of aryl methyl sites for hydroxylation is 2. The Morgan fingerprint density at radius 3 is 2.42 bits per heavy atom. The topological polar surface area (TPSA) is 68.1 Å². The molecule has 2 aromatic heterocycles. The van der Waals surface area contributed by atoms with Crippen molar-refractivity contribution in [1.82, 2.24) is 19.4 Å². The predicted octanol–water partition coefficient (Wildman–Crippen LogP) is 4.77. The Kier molecular flexibility index (Phi) is 5.50. The van der Waals surface area contributed by atoms with Crippen LogP contribution in [0.15, 0.2) is 67.1 Å². The Morgan fingerprint density at radius 1 is 0.939 bits per heavy atom. The molecule has 0 radical (unpaired) electrons. The molecule has 0 N–H and O–H groups in total. The predicted molar refractivity (Wildman–Crippen MR) is 128 cm³/mol. The molecule has 5 rings (SSSR count). The largest absolute Gasteiger partial charge is 0.339 e. The zero-order chi connectivity index (χ0) is 22.9. The van der Waals surface area contributed by atoms with Crippen LogP contribution < -0.4 is 0 Å². The molecule has 1 amide bonds. The number of benzene rings is 2. The smallest absolute Gasteiger partial charge is 0.253 e. The number of piperidine rings is 1. The highest BCUT2D eigenvalue weighted by Gasteiger charge is 2.29. The van der Waals surface area contributed by atoms with Crippen molar-refractivity contribution >= 4 is 22.9 Å². The number of ketones is 1. The van der Waals surface area contributed by atoms with E-state index in [4.69, 9.17) is 0 Å². The number of Topliss-reactive ketones (excluding diaryl/α,β-unsaturated/α-hetero) is 1. The molecule has 1 fully saturated rings. The Labute approximate surface area is 192 Å². The molecule has 1 aliphatic rings. The van der Waals surface area contributed by atoms with E-state index in [1.165, 1.54) is 0 Å². The molecule has 6 heteroatoms. The van der Waals surface area contributed by atoms with Gasteiger partial charge in [0.05, 0.1) is 0 Å². The molecule has 1 aliphatic heterocycles. The molecule has 0 unspecified atom stereocenters. The fourth-order valence-electron chi connectivity index (χ4n) is 4.64. The Morgan fingerprint density at radius 2 is 1.70 bits per heavy atom. The Hall–Kier alpha value is -3.80. The molecule has 0 spiro atoms. The van der Waals surface area contributed by atoms with Crippen LogP contribution in [0.25, 0.3) is 16.9 Å². The lowest BCUT2D eigenvalue weighted by molar-refractivity contribution is 0.0650. The molecule has 4 aromatic rings. The minimum atomic E-state index is -0.0279. The summed E-state index contributed by atoms with van der Waals surface area (Å²) in [6.07, 6.45) is 4.88. The first-order valence-corrected chi connectivity index (χ1v) is 11.3. The van der Waals surface area contributed by atoms with E-state index < -0.39 is 0 Å². The zero-order valence-corrected chi connectivity index (χ0v) is 18.9. The summed E-state index contributed by atoms with van der Waals surface area (Å²) in [7, 11) is 0. The van der Waals surface area contributed by atoms with Crippen LogP contribution in [0.5, 0.6) is 0 Å². The molecule has 3 heterocycles. The third kappa shape index (κ3) is 4.04. The molecule has 1 saturated heterocycles. The van der Waals surface area contributed by atoms with Crippen LogP contribution in [-0.2, 0) is 0 Å². The molecular formula is C27H26N4O2. The van der Waals surface area contributed by atoms with Crippen molar-refractivity contribution in [3.63, 3.8) is 0 Å². The molecule has 166 valence electrons. The molecule has 33 heavy (non-hydrogen) atoms. The van der Waals surface area contributed by atoms with Crippen LogP contribution in [0.4, 0.5) is 0 Å². The van der Waals surface area contributed by atoms with Crippen LogP contribution in [0.1, 0.15) is 44.7 Å². The van der Waals surface area contributed by atoms with Gasteiger partial charge in [-0.3, -0.25) is 14.2 Å². The highest BCUT2D eigenvalue weighted by atomic mass is 16.2. The van der Waals surface area contributed by atoms with Crippen molar-refractivity contribution in [1.29, 1.82) is 0 Å². The van der Waals surface area contributed by atoms with Gasteiger partial charge in [-0.15, -0.1) is 0 Å². The van der Waals surface area contributed by atoms with Gasteiger partial charge in [0.2, 0.25) is 0 Å². The normalized spacial score (nSPS) is 14.5. The third-order valence-corrected chi connectivity index (χ3v) is 6.50. The number of fused-ring (bicyclic) bond motifs is 1. The average Bonchev–Trinajstić information content (AvgIpc) is 3.28. The highest BCUT2D eigenvalue weighted by Crippen LogP contribution is 2.25. The monoisotopic (exact) mass is 438 g/mol. The second-order valence-corrected chi connectivity index (χ2v) is 8.76. The fourth-order valence-corrected chi connectivity index (χ4v) is 4.64. The average molecular weight is 439 g/mol. The van der Waals surface area contributed by atoms with Crippen molar-refractivity contribution in [2.24, 2.45) is 5.92 Å². The zero-order valence-electron chi connectivity index (χ0n) is 18.9. The standard InChI is InChI=1S/C27H26N4O2/c1-18-5-10-23(19(2)16-18)25(32)20-11-14-30(15-12-20)27(33)21-6-8-22(9-7-21)31-17-29-24-4-3-13-28-26(24)31/h3-10,13,16-17,20H,11-12,14-15H2,1-2H3. The maximum atomic E-state index is 13.1. The van der Waals surface area contributed by atoms with Gasteiger partial charge in [-0.2, -0.15) is 0 Å². The van der Waals surface area contributed by atoms with E-state index in [1.807, 2.05) is 71.8 Å². The fraction of sp³-hybridized carbons (Fsp3) is 0.259. The van der Waals surface area contributed by atoms with Crippen LogP contribution in [0, 0.1) is 19.8 Å². The summed E-state index contributed by atoms with van der Waals surface area (Å²) < 4.78 is 1.91. The summed E-state index contributed by atoms with van der Waals surface area (Å²) in [6.45, 7) is 5.22. The Bertz CT molecular complexity index is 1330. The maximum Gasteiger partial charge on any atom is 0.253 e. The van der Waals surface area contributed by atoms with Gasteiger partial charge < -0.3 is 4.90 Å². The van der Waals surface area contributed by atoms with E-state index in [2.05, 4.69) is 16.0 Å². The van der Waals surface area contributed by atoms with Gasteiger partial charge in [0, 0.05) is 42.0 Å². The first-order chi connectivity index (χ1) is 16.0. The van der Waals surface area contributed by atoms with E-state index in [0.29, 0.717) is 31.5 Å². The maximum absolute atomic E-state index is 13.1. The van der Waals surface area contributed by atoms with Gasteiger partial charge in [0.15, 0.2) is 11.4 Å². The lowest BCUT2D eigenvalue weighted by Gasteiger charge is -2.31. The second-order valence-electron chi connectivity index (χ2n) is 8.76. The van der Waals surface area contributed by atoms with E-state index >= 15 is 0 Å². The number of nitrogens with zero attached hydrogens (tertiary/aromatic N) is 4. The molecule has 0 atom stereocenters. The molecule has 2 aromatic carbocycles. The number of hydrogen-bond acceptors (Lipinski definition) is 4. The van der Waals surface area contributed by atoms with Gasteiger partial charge in [0.25, 0.3) is 5.91 Å². The number of hydrogen-bond donors (Lipinski definition) is 0. The van der Waals surface area contributed by atoms with Gasteiger partial charge in [0.1, 0.15) is 11.8 Å². The number of aromatic nitrogens is 3. The molecule has 0 aliphatic carbocycles. The van der Waals surface area contributed by atoms with Crippen LogP contribution in [0.3, 0.4) is 0 Å². The Balaban J connectivity index is 1.25. The van der Waals surface area contributed by atoms with Crippen molar-refractivity contribution in [2.75, 3.05) is 13.1 Å². The lowest BCUT2D eigenvalue weighted by atomic mass is 9.87. The van der Waals surface area contributed by atoms with E-state index in [0.717, 1.165) is 33.5 Å². The summed E-state index contributed by atoms with van der Waals surface area (Å²) in [5.74, 6) is 0.178. The first-order valence-electron chi connectivity index (χ1n) is 11.3. The number of pyridine rings is 1. The first kappa shape index (κ1) is 21.1. The lowest BCUT2D eigenvalue weighted by Crippen LogP contribution is -2.40. The third-order valence-electron chi connectivity index (χ3n) is 6.50. The highest BCUT2D eigenvalue weighted by molar-refractivity contribution is 5.99. The number of rotatable bonds is 4. The number of carbonyl (C=O) groups is 2. The molecular weight excluding hydrogens is 412 g/mol. The van der Waals surface area contributed by atoms with Gasteiger partial charge in [-0.1, -0.05) is 23.8 Å². The van der Waals surface area contributed by atoms with Gasteiger partial charge in [-0.25, -0.2) is 9.97 Å². The summed E-state index contributed by atoms with van der Waals surface area (Å²) in [5, 5.41) is 0. The van der Waals surface area contributed by atoms with Crippen molar-refractivity contribution in [3.8, 4) is 5.69 Å². The quantitative estimate of drug-likeness (QED) is 0.430. The van der Waals surface area contributed by atoms with Crippen LogP contribution in [0.2, 0.25) is 0 Å². The van der Waals surface area contributed by atoms with Crippen LogP contribution in [-0.4, -0.2) is 44.2 Å². The summed E-state index contributed by atoms with van der Waals surface area (Å²) in [6, 6.07) is 17.3. The summed E-state index contributed by atoms with van der Waals surface area (Å²) >= 11 is 0. The minimum absolute atomic E-state index is 0.00702. The SMILES string of the molecule is Cc1ccc(C(=O)C2CCN(C(=O)c3ccc(-n4cnc5cccnc54)cc3)CC2)c(C)c1. The van der Waals surface area contributed by atoms with E-state index in [-0.39, 0.29) is 17.6 Å². The van der Waals surface area contributed by atoms with Crippen molar-refractivity contribution < 1.29 is 9.59 Å². The number of imidazole rings is 1. The van der Waals surface area contributed by atoms with Crippen molar-refractivity contribution in [2.45, 2.75) is 26.7 Å². The number of amides is 1. The van der Waals surface area contributed by atoms with E-state index in [9.17, 15) is 9.59 Å².